The molecule has 12 heteroatoms. The van der Waals surface area contributed by atoms with Gasteiger partial charge >= 0.3 is 0 Å². The molecule has 1 aromatic heterocycles. The van der Waals surface area contributed by atoms with Crippen LogP contribution in [0.1, 0.15) is 111 Å². The Balaban J connectivity index is 2.51. The van der Waals surface area contributed by atoms with Crippen LogP contribution >= 0.6 is 0 Å². The van der Waals surface area contributed by atoms with Gasteiger partial charge in [0, 0.05) is 31.1 Å². The molecule has 0 aliphatic carbocycles. The van der Waals surface area contributed by atoms with Crippen molar-refractivity contribution in [1.29, 1.82) is 5.26 Å². The number of carbonyl (C=O) groups excluding carboxylic acids is 1. The summed E-state index contributed by atoms with van der Waals surface area (Å²) in [6.45, 7) is 15.9. The number of sulfonamides is 1. The van der Waals surface area contributed by atoms with Crippen molar-refractivity contribution in [2.45, 2.75) is 112 Å². The molecule has 0 aliphatic rings. The largest absolute Gasteiger partial charge is 0.492 e. The monoisotopic (exact) mass is 670 g/mol. The normalized spacial score (nSPS) is 13.6. The number of aromatic hydroxyl groups is 1. The van der Waals surface area contributed by atoms with Crippen molar-refractivity contribution in [3.05, 3.63) is 45.7 Å². The van der Waals surface area contributed by atoms with Crippen LogP contribution in [0.5, 0.6) is 5.88 Å². The number of pyridine rings is 1. The van der Waals surface area contributed by atoms with E-state index < -0.39 is 32.8 Å². The molecule has 0 spiro atoms. The number of hydrogen-bond donors (Lipinski definition) is 1. The van der Waals surface area contributed by atoms with Crippen molar-refractivity contribution in [3.63, 3.8) is 0 Å². The number of nitriles is 1. The van der Waals surface area contributed by atoms with Crippen LogP contribution in [0.4, 0.5) is 11.4 Å². The Kier molecular flexibility index (Phi) is 14.8. The van der Waals surface area contributed by atoms with E-state index in [1.807, 2.05) is 6.07 Å². The lowest BCUT2D eigenvalue weighted by molar-refractivity contribution is -0.127. The van der Waals surface area contributed by atoms with Gasteiger partial charge in [-0.1, -0.05) is 87.0 Å². The van der Waals surface area contributed by atoms with Gasteiger partial charge in [0.05, 0.1) is 10.6 Å². The molecule has 260 valence electrons. The van der Waals surface area contributed by atoms with Gasteiger partial charge in [0.25, 0.3) is 5.56 Å². The van der Waals surface area contributed by atoms with E-state index in [0.29, 0.717) is 23.5 Å². The molecule has 2 unspecified atom stereocenters. The number of carbonyl (C=O) groups is 1. The van der Waals surface area contributed by atoms with Gasteiger partial charge in [-0.15, -0.1) is 5.11 Å². The fraction of sp³-hybridized carbons (Fsp3) is 0.629. The third-order valence-corrected chi connectivity index (χ3v) is 10.5. The van der Waals surface area contributed by atoms with Gasteiger partial charge in [-0.2, -0.15) is 19.4 Å². The molecule has 1 heterocycles. The lowest BCUT2D eigenvalue weighted by atomic mass is 9.95. The molecule has 0 aliphatic heterocycles. The predicted octanol–water partition coefficient (Wildman–Crippen LogP) is 7.71. The fourth-order valence-electron chi connectivity index (χ4n) is 5.48. The first kappa shape index (κ1) is 39.6. The third-order valence-electron chi connectivity index (χ3n) is 8.65. The Labute approximate surface area is 281 Å². The molecule has 2 aromatic rings. The van der Waals surface area contributed by atoms with Crippen LogP contribution in [0.3, 0.4) is 0 Å². The van der Waals surface area contributed by atoms with E-state index in [1.165, 1.54) is 38.2 Å². The summed E-state index contributed by atoms with van der Waals surface area (Å²) in [5.41, 5.74) is -1.79. The Morgan fingerprint density at radius 3 is 1.91 bits per heavy atom. The van der Waals surface area contributed by atoms with Crippen LogP contribution in [0, 0.1) is 35.5 Å². The zero-order chi connectivity index (χ0) is 35.5. The Morgan fingerprint density at radius 1 is 0.979 bits per heavy atom. The van der Waals surface area contributed by atoms with E-state index in [2.05, 4.69) is 37.9 Å². The number of amides is 1. The number of benzene rings is 1. The minimum Gasteiger partial charge on any atom is -0.492 e. The molecule has 0 radical (unpaired) electrons. The van der Waals surface area contributed by atoms with Crippen LogP contribution in [0.25, 0.3) is 0 Å². The van der Waals surface area contributed by atoms with Crippen LogP contribution in [-0.2, 0) is 14.8 Å². The Morgan fingerprint density at radius 2 is 1.49 bits per heavy atom. The van der Waals surface area contributed by atoms with Crippen molar-refractivity contribution in [2.75, 3.05) is 25.1 Å². The number of azo groups is 1. The van der Waals surface area contributed by atoms with Crippen molar-refractivity contribution < 1.29 is 18.3 Å². The predicted molar refractivity (Wildman–Crippen MR) is 186 cm³/mol. The highest BCUT2D eigenvalue weighted by Crippen LogP contribution is 2.33. The number of rotatable bonds is 17. The van der Waals surface area contributed by atoms with Crippen LogP contribution < -0.4 is 10.6 Å². The summed E-state index contributed by atoms with van der Waals surface area (Å²) in [5.74, 6) is -0.566. The standard InChI is InChI=1S/C35H54N6O5S/c1-10-14-16-26(12-3)23-40(24-27(13-4)17-15-11-2)47(45,46)29-20-18-28(19-21-29)37-38-31-25(5)30(22-36)32(42)41(33(31)43)39(9)34(44)35(6,7)8/h18-21,26-27,43H,10-17,23-24H2,1-9H3. The van der Waals surface area contributed by atoms with E-state index in [4.69, 9.17) is 0 Å². The Bertz CT molecular complexity index is 1570. The highest BCUT2D eigenvalue weighted by molar-refractivity contribution is 7.89. The first-order valence-corrected chi connectivity index (χ1v) is 18.2. The molecular formula is C35H54N6O5S. The maximum atomic E-state index is 14.0. The molecule has 47 heavy (non-hydrogen) atoms. The van der Waals surface area contributed by atoms with E-state index >= 15 is 0 Å². The van der Waals surface area contributed by atoms with E-state index in [9.17, 15) is 28.4 Å². The summed E-state index contributed by atoms with van der Waals surface area (Å²) in [5, 5.41) is 30.0. The smallest absolute Gasteiger partial charge is 0.290 e. The zero-order valence-corrected chi connectivity index (χ0v) is 30.5. The molecule has 0 saturated carbocycles. The summed E-state index contributed by atoms with van der Waals surface area (Å²) in [7, 11) is -2.47. The van der Waals surface area contributed by atoms with Gasteiger partial charge in [0.1, 0.15) is 11.6 Å². The quantitative estimate of drug-likeness (QED) is 0.170. The second-order valence-electron chi connectivity index (χ2n) is 13.3. The summed E-state index contributed by atoms with van der Waals surface area (Å²) in [6.07, 6.45) is 8.03. The Hall–Kier alpha value is -3.56. The minimum atomic E-state index is -3.80. The topological polar surface area (TPSA) is 148 Å². The molecular weight excluding hydrogens is 616 g/mol. The first-order valence-electron chi connectivity index (χ1n) is 16.8. The van der Waals surface area contributed by atoms with Crippen molar-refractivity contribution in [2.24, 2.45) is 27.5 Å². The molecule has 2 rings (SSSR count). The van der Waals surface area contributed by atoms with Crippen LogP contribution in [0.2, 0.25) is 0 Å². The lowest BCUT2D eigenvalue weighted by Gasteiger charge is -2.30. The molecule has 0 fully saturated rings. The number of nitrogens with zero attached hydrogens (tertiary/aromatic N) is 6. The van der Waals surface area contributed by atoms with Gasteiger partial charge in [-0.25, -0.2) is 13.4 Å². The molecule has 11 nitrogen and oxygen atoms in total. The van der Waals surface area contributed by atoms with Crippen molar-refractivity contribution in [1.82, 2.24) is 8.98 Å². The second-order valence-corrected chi connectivity index (χ2v) is 15.3. The van der Waals surface area contributed by atoms with Gasteiger partial charge in [-0.05, 0) is 55.9 Å². The van der Waals surface area contributed by atoms with Crippen molar-refractivity contribution in [3.8, 4) is 11.9 Å². The van der Waals surface area contributed by atoms with Gasteiger partial charge in [0.15, 0.2) is 5.69 Å². The SMILES string of the molecule is CCCCC(CC)CN(CC(CC)CCCC)S(=O)(=O)c1ccc(N=Nc2c(C)c(C#N)c(=O)n(N(C)C(=O)C(C)(C)C)c2O)cc1. The number of aromatic nitrogens is 1. The molecule has 1 aromatic carbocycles. The summed E-state index contributed by atoms with van der Waals surface area (Å²) >= 11 is 0. The van der Waals surface area contributed by atoms with Crippen molar-refractivity contribution >= 4 is 27.3 Å². The summed E-state index contributed by atoms with van der Waals surface area (Å²) in [6, 6.07) is 7.90. The fourth-order valence-corrected chi connectivity index (χ4v) is 7.07. The summed E-state index contributed by atoms with van der Waals surface area (Å²) in [4.78, 5) is 26.1. The van der Waals surface area contributed by atoms with E-state index in [-0.39, 0.29) is 33.5 Å². The zero-order valence-electron chi connectivity index (χ0n) is 29.7. The average Bonchev–Trinajstić information content (AvgIpc) is 3.03. The first-order chi connectivity index (χ1) is 22.1. The molecule has 0 saturated heterocycles. The number of unbranched alkanes of at least 4 members (excludes halogenated alkanes) is 2. The van der Waals surface area contributed by atoms with E-state index in [1.54, 1.807) is 25.1 Å². The average molecular weight is 671 g/mol. The summed E-state index contributed by atoms with van der Waals surface area (Å²) < 4.78 is 30.5. The lowest BCUT2D eigenvalue weighted by Crippen LogP contribution is -2.48. The maximum absolute atomic E-state index is 14.0. The minimum absolute atomic E-state index is 0.101. The molecule has 1 amide bonds. The third kappa shape index (κ3) is 9.97. The van der Waals surface area contributed by atoms with Gasteiger partial charge in [-0.3, -0.25) is 9.59 Å². The van der Waals surface area contributed by atoms with Crippen LogP contribution in [0.15, 0.2) is 44.2 Å². The van der Waals surface area contributed by atoms with E-state index in [0.717, 1.165) is 56.4 Å². The van der Waals surface area contributed by atoms with Gasteiger partial charge < -0.3 is 5.11 Å². The second kappa shape index (κ2) is 17.6. The highest BCUT2D eigenvalue weighted by atomic mass is 32.2. The van der Waals surface area contributed by atoms with Crippen LogP contribution in [-0.4, -0.2) is 48.6 Å². The highest BCUT2D eigenvalue weighted by Gasteiger charge is 2.31. The van der Waals surface area contributed by atoms with Gasteiger partial charge in [0.2, 0.25) is 21.8 Å². The molecule has 2 atom stereocenters. The molecule has 1 N–H and O–H groups in total. The maximum Gasteiger partial charge on any atom is 0.290 e. The number of hydrogen-bond acceptors (Lipinski definition) is 8. The molecule has 0 bridgehead atoms.